The van der Waals surface area contributed by atoms with Gasteiger partial charge in [0.1, 0.15) is 0 Å². The number of hydrogen-bond donors (Lipinski definition) is 3. The summed E-state index contributed by atoms with van der Waals surface area (Å²) in [6.45, 7) is 2.63. The molecule has 132 valence electrons. The topological polar surface area (TPSA) is 90.1 Å². The second-order valence-electron chi connectivity index (χ2n) is 6.35. The largest absolute Gasteiger partial charge is 0.354 e. The Hall–Kier alpha value is -3.19. The van der Waals surface area contributed by atoms with Crippen LogP contribution >= 0.6 is 0 Å². The molecule has 1 aliphatic rings. The molecular weight excluding hydrogens is 330 g/mol. The number of carbonyl (C=O) groups is 2. The zero-order valence-corrected chi connectivity index (χ0v) is 14.2. The van der Waals surface area contributed by atoms with Crippen molar-refractivity contribution in [1.29, 1.82) is 0 Å². The molecule has 7 heteroatoms. The molecule has 4 rings (SSSR count). The number of hydrogen-bond acceptors (Lipinski definition) is 4. The molecule has 1 aliphatic heterocycles. The number of nitrogens with one attached hydrogen (secondary N) is 3. The van der Waals surface area contributed by atoms with Gasteiger partial charge in [-0.2, -0.15) is 5.10 Å². The number of fused-ring (bicyclic) bond motifs is 1. The van der Waals surface area contributed by atoms with Crippen molar-refractivity contribution in [1.82, 2.24) is 20.4 Å². The fraction of sp³-hybridized carbons (Fsp3) is 0.211. The van der Waals surface area contributed by atoms with Crippen LogP contribution in [0.4, 0.5) is 5.69 Å². The minimum absolute atomic E-state index is 0.0562. The lowest BCUT2D eigenvalue weighted by Gasteiger charge is -2.26. The summed E-state index contributed by atoms with van der Waals surface area (Å²) in [7, 11) is 0. The van der Waals surface area contributed by atoms with Crippen LogP contribution in [0.1, 0.15) is 15.9 Å². The molecule has 2 aromatic carbocycles. The lowest BCUT2D eigenvalue weighted by molar-refractivity contribution is -0.124. The van der Waals surface area contributed by atoms with Gasteiger partial charge in [-0.15, -0.1) is 0 Å². The van der Waals surface area contributed by atoms with Crippen LogP contribution in [0.25, 0.3) is 10.9 Å². The predicted octanol–water partition coefficient (Wildman–Crippen LogP) is 1.75. The minimum atomic E-state index is -0.164. The summed E-state index contributed by atoms with van der Waals surface area (Å²) in [5.74, 6) is -0.108. The monoisotopic (exact) mass is 349 g/mol. The van der Waals surface area contributed by atoms with E-state index in [0.717, 1.165) is 28.7 Å². The molecule has 0 radical (unpaired) electrons. The van der Waals surface area contributed by atoms with Crippen LogP contribution in [0.3, 0.4) is 0 Å². The Balaban J connectivity index is 1.44. The molecule has 26 heavy (non-hydrogen) atoms. The average Bonchev–Trinajstić information content (AvgIpc) is 3.12. The molecule has 1 saturated heterocycles. The summed E-state index contributed by atoms with van der Waals surface area (Å²) in [6, 6.07) is 13.1. The Morgan fingerprint density at radius 3 is 2.85 bits per heavy atom. The van der Waals surface area contributed by atoms with Crippen molar-refractivity contribution in [3.63, 3.8) is 0 Å². The molecule has 0 bridgehead atoms. The van der Waals surface area contributed by atoms with E-state index in [0.29, 0.717) is 25.2 Å². The predicted molar refractivity (Wildman–Crippen MR) is 98.8 cm³/mol. The normalized spacial score (nSPS) is 15.0. The van der Waals surface area contributed by atoms with Crippen LogP contribution in [0.2, 0.25) is 0 Å². The molecule has 2 amide bonds. The van der Waals surface area contributed by atoms with Gasteiger partial charge in [0.05, 0.1) is 23.9 Å². The van der Waals surface area contributed by atoms with E-state index >= 15 is 0 Å². The van der Waals surface area contributed by atoms with Gasteiger partial charge >= 0.3 is 0 Å². The van der Waals surface area contributed by atoms with Crippen LogP contribution in [-0.2, 0) is 11.3 Å². The summed E-state index contributed by atoms with van der Waals surface area (Å²) >= 11 is 0. The lowest BCUT2D eigenvalue weighted by atomic mass is 10.1. The molecule has 0 atom stereocenters. The first-order valence-corrected chi connectivity index (χ1v) is 8.50. The van der Waals surface area contributed by atoms with Gasteiger partial charge < -0.3 is 10.6 Å². The maximum Gasteiger partial charge on any atom is 0.255 e. The Kier molecular flexibility index (Phi) is 4.37. The van der Waals surface area contributed by atoms with E-state index in [-0.39, 0.29) is 11.8 Å². The first-order chi connectivity index (χ1) is 12.7. The second kappa shape index (κ2) is 6.97. The molecule has 0 aliphatic carbocycles. The van der Waals surface area contributed by atoms with Crippen molar-refractivity contribution < 1.29 is 9.59 Å². The number of carbonyl (C=O) groups excluding carboxylic acids is 2. The van der Waals surface area contributed by atoms with E-state index in [4.69, 9.17) is 0 Å². The van der Waals surface area contributed by atoms with Crippen LogP contribution in [0, 0.1) is 0 Å². The number of aromatic amines is 1. The van der Waals surface area contributed by atoms with Crippen molar-refractivity contribution in [2.24, 2.45) is 0 Å². The Bertz CT molecular complexity index is 948. The van der Waals surface area contributed by atoms with E-state index in [1.54, 1.807) is 6.20 Å². The molecule has 7 nitrogen and oxygen atoms in total. The number of anilines is 1. The number of nitrogens with zero attached hydrogens (tertiary/aromatic N) is 2. The molecule has 3 aromatic rings. The highest BCUT2D eigenvalue weighted by Gasteiger charge is 2.16. The summed E-state index contributed by atoms with van der Waals surface area (Å²) in [4.78, 5) is 26.1. The van der Waals surface area contributed by atoms with E-state index in [9.17, 15) is 9.59 Å². The van der Waals surface area contributed by atoms with E-state index in [1.807, 2.05) is 42.5 Å². The first kappa shape index (κ1) is 16.3. The molecule has 0 unspecified atom stereocenters. The van der Waals surface area contributed by atoms with Crippen molar-refractivity contribution in [3.8, 4) is 0 Å². The highest BCUT2D eigenvalue weighted by Crippen LogP contribution is 2.21. The molecule has 1 fully saturated rings. The van der Waals surface area contributed by atoms with E-state index < -0.39 is 0 Å². The van der Waals surface area contributed by atoms with Gasteiger partial charge in [0, 0.05) is 30.6 Å². The minimum Gasteiger partial charge on any atom is -0.354 e. The standard InChI is InChI=1S/C19H19N5O2/c25-18-12-24(9-8-20-18)11-13-4-6-14(7-5-13)19(26)22-16-2-1-3-17-15(16)10-21-23-17/h1-7,10H,8-9,11-12H2,(H,20,25)(H,21,23)(H,22,26). The van der Waals surface area contributed by atoms with Crippen LogP contribution in [0.5, 0.6) is 0 Å². The number of H-pyrrole nitrogens is 1. The molecule has 2 heterocycles. The van der Waals surface area contributed by atoms with E-state index in [1.165, 1.54) is 0 Å². The Morgan fingerprint density at radius 2 is 2.04 bits per heavy atom. The van der Waals surface area contributed by atoms with Crippen molar-refractivity contribution >= 4 is 28.4 Å². The summed E-state index contributed by atoms with van der Waals surface area (Å²) in [6.07, 6.45) is 1.70. The first-order valence-electron chi connectivity index (χ1n) is 8.50. The average molecular weight is 349 g/mol. The third kappa shape index (κ3) is 3.43. The maximum atomic E-state index is 12.5. The van der Waals surface area contributed by atoms with Crippen LogP contribution in [0.15, 0.2) is 48.7 Å². The van der Waals surface area contributed by atoms with Crippen LogP contribution in [-0.4, -0.2) is 46.5 Å². The number of amides is 2. The molecule has 0 spiro atoms. The number of rotatable bonds is 4. The highest BCUT2D eigenvalue weighted by molar-refractivity contribution is 6.08. The molecule has 3 N–H and O–H groups in total. The zero-order chi connectivity index (χ0) is 17.9. The SMILES string of the molecule is O=C1CN(Cc2ccc(C(=O)Nc3cccc4[nH]ncc34)cc2)CCN1. The van der Waals surface area contributed by atoms with Crippen molar-refractivity contribution in [3.05, 3.63) is 59.8 Å². The highest BCUT2D eigenvalue weighted by atomic mass is 16.2. The van der Waals surface area contributed by atoms with Gasteiger partial charge in [-0.3, -0.25) is 19.6 Å². The number of benzene rings is 2. The fourth-order valence-corrected chi connectivity index (χ4v) is 3.12. The Morgan fingerprint density at radius 1 is 1.19 bits per heavy atom. The quantitative estimate of drug-likeness (QED) is 0.669. The smallest absolute Gasteiger partial charge is 0.255 e. The Labute approximate surface area is 150 Å². The maximum absolute atomic E-state index is 12.5. The van der Waals surface area contributed by atoms with Crippen LogP contribution < -0.4 is 10.6 Å². The molecular formula is C19H19N5O2. The number of aromatic nitrogens is 2. The van der Waals surface area contributed by atoms with Crippen molar-refractivity contribution in [2.75, 3.05) is 25.0 Å². The third-order valence-electron chi connectivity index (χ3n) is 4.47. The van der Waals surface area contributed by atoms with Gasteiger partial charge in [0.25, 0.3) is 5.91 Å². The second-order valence-corrected chi connectivity index (χ2v) is 6.35. The lowest BCUT2D eigenvalue weighted by Crippen LogP contribution is -2.47. The summed E-state index contributed by atoms with van der Waals surface area (Å²) < 4.78 is 0. The van der Waals surface area contributed by atoms with Gasteiger partial charge in [0.2, 0.25) is 5.91 Å². The third-order valence-corrected chi connectivity index (χ3v) is 4.47. The van der Waals surface area contributed by atoms with Crippen molar-refractivity contribution in [2.45, 2.75) is 6.54 Å². The summed E-state index contributed by atoms with van der Waals surface area (Å²) in [5.41, 5.74) is 3.27. The molecule has 0 saturated carbocycles. The van der Waals surface area contributed by atoms with Gasteiger partial charge in [-0.25, -0.2) is 0 Å². The molecule has 1 aromatic heterocycles. The van der Waals surface area contributed by atoms with Gasteiger partial charge in [-0.1, -0.05) is 18.2 Å². The fourth-order valence-electron chi connectivity index (χ4n) is 3.12. The van der Waals surface area contributed by atoms with Gasteiger partial charge in [-0.05, 0) is 29.8 Å². The summed E-state index contributed by atoms with van der Waals surface area (Å²) in [5, 5.41) is 13.5. The number of piperazine rings is 1. The van der Waals surface area contributed by atoms with E-state index in [2.05, 4.69) is 25.7 Å². The van der Waals surface area contributed by atoms with Gasteiger partial charge in [0.15, 0.2) is 0 Å². The zero-order valence-electron chi connectivity index (χ0n) is 14.2.